The highest BCUT2D eigenvalue weighted by atomic mass is 16.5. The highest BCUT2D eigenvalue weighted by Crippen LogP contribution is 1.94. The number of furan rings is 1. The molecule has 1 aromatic heterocycles. The molecule has 78 valence electrons. The molecule has 0 radical (unpaired) electrons. The fourth-order valence-electron chi connectivity index (χ4n) is 0.725. The van der Waals surface area contributed by atoms with Crippen molar-refractivity contribution >= 4 is 23.2 Å². The number of rotatable bonds is 0. The van der Waals surface area contributed by atoms with E-state index >= 15 is 0 Å². The molecule has 0 aromatic carbocycles. The molecule has 0 bridgehead atoms. The third-order valence-corrected chi connectivity index (χ3v) is 1.44. The van der Waals surface area contributed by atoms with Gasteiger partial charge in [-0.15, -0.1) is 0 Å². The summed E-state index contributed by atoms with van der Waals surface area (Å²) in [6, 6.07) is 3.67. The van der Waals surface area contributed by atoms with Crippen molar-refractivity contribution in [2.45, 2.75) is 0 Å². The van der Waals surface area contributed by atoms with Gasteiger partial charge in [-0.1, -0.05) is 0 Å². The number of nitrogens with one attached hydrogen (secondary N) is 1. The van der Waals surface area contributed by atoms with Crippen molar-refractivity contribution in [3.63, 3.8) is 0 Å². The molecule has 2 heterocycles. The molecule has 1 aromatic rings. The summed E-state index contributed by atoms with van der Waals surface area (Å²) in [5, 5.41) is 6.67. The van der Waals surface area contributed by atoms with Crippen LogP contribution in [0.1, 0.15) is 0 Å². The van der Waals surface area contributed by atoms with Crippen LogP contribution >= 0.6 is 0 Å². The molecule has 1 N–H and O–H groups in total. The molecule has 0 amide bonds. The van der Waals surface area contributed by atoms with E-state index in [-0.39, 0.29) is 0 Å². The quantitative estimate of drug-likeness (QED) is 0.605. The van der Waals surface area contributed by atoms with Crippen molar-refractivity contribution < 1.29 is 23.5 Å². The van der Waals surface area contributed by atoms with Crippen LogP contribution in [0.3, 0.4) is 0 Å². The summed E-state index contributed by atoms with van der Waals surface area (Å²) in [5.41, 5.74) is 0. The van der Waals surface area contributed by atoms with Crippen molar-refractivity contribution in [2.75, 3.05) is 6.61 Å². The topological polar surface area (TPSA) is 97.4 Å². The molecule has 15 heavy (non-hydrogen) atoms. The molecular weight excluding hydrogens is 202 g/mol. The van der Waals surface area contributed by atoms with Crippen LogP contribution in [0.2, 0.25) is 0 Å². The average molecular weight is 209 g/mol. The van der Waals surface area contributed by atoms with Crippen molar-refractivity contribution in [3.05, 3.63) is 24.7 Å². The van der Waals surface area contributed by atoms with Gasteiger partial charge in [0.05, 0.1) is 12.5 Å². The molecular formula is C9H7NO5. The van der Waals surface area contributed by atoms with E-state index in [9.17, 15) is 14.4 Å². The number of ketones is 3. The first-order chi connectivity index (χ1) is 7.13. The molecule has 1 aliphatic heterocycles. The Morgan fingerprint density at radius 3 is 2.07 bits per heavy atom. The summed E-state index contributed by atoms with van der Waals surface area (Å²) < 4.78 is 8.82. The standard InChI is InChI=1S/C5H3NO4.C4H4O/c6-5-4(9)3(8)2(7)1-10-5;1-2-4-5-3-1/h6H,1H2;1-4H. The summed E-state index contributed by atoms with van der Waals surface area (Å²) in [5.74, 6) is -3.95. The fourth-order valence-corrected chi connectivity index (χ4v) is 0.725. The zero-order chi connectivity index (χ0) is 11.3. The van der Waals surface area contributed by atoms with Crippen molar-refractivity contribution in [1.29, 1.82) is 5.41 Å². The van der Waals surface area contributed by atoms with Gasteiger partial charge in [-0.2, -0.15) is 0 Å². The van der Waals surface area contributed by atoms with Gasteiger partial charge in [-0.05, 0) is 12.1 Å². The minimum atomic E-state index is -1.16. The van der Waals surface area contributed by atoms with Crippen LogP contribution in [0.4, 0.5) is 0 Å². The number of hydrogen-bond acceptors (Lipinski definition) is 6. The lowest BCUT2D eigenvalue weighted by Gasteiger charge is -2.08. The summed E-state index contributed by atoms with van der Waals surface area (Å²) in [4.78, 5) is 31.2. The Labute approximate surface area is 84.3 Å². The molecule has 1 aliphatic rings. The Bertz CT molecular complexity index is 349. The van der Waals surface area contributed by atoms with E-state index in [1.807, 2.05) is 12.1 Å². The summed E-state index contributed by atoms with van der Waals surface area (Å²) in [7, 11) is 0. The van der Waals surface area contributed by atoms with Gasteiger partial charge in [0.15, 0.2) is 6.61 Å². The second kappa shape index (κ2) is 4.85. The van der Waals surface area contributed by atoms with Crippen LogP contribution in [0.25, 0.3) is 0 Å². The van der Waals surface area contributed by atoms with Gasteiger partial charge in [-0.25, -0.2) is 0 Å². The molecule has 0 unspecified atom stereocenters. The average Bonchev–Trinajstić information content (AvgIpc) is 2.79. The number of carbonyl (C=O) groups is 3. The van der Waals surface area contributed by atoms with Crippen LogP contribution in [0, 0.1) is 5.41 Å². The molecule has 0 spiro atoms. The maximum absolute atomic E-state index is 10.4. The van der Waals surface area contributed by atoms with Gasteiger partial charge >= 0.3 is 0 Å². The number of carbonyl (C=O) groups excluding carboxylic acids is 3. The molecule has 0 aliphatic carbocycles. The van der Waals surface area contributed by atoms with Gasteiger partial charge in [0, 0.05) is 0 Å². The third-order valence-electron chi connectivity index (χ3n) is 1.44. The summed E-state index contributed by atoms with van der Waals surface area (Å²) in [6.45, 7) is -0.483. The Hall–Kier alpha value is -2.24. The molecule has 0 saturated carbocycles. The van der Waals surface area contributed by atoms with E-state index in [1.54, 1.807) is 12.5 Å². The lowest BCUT2D eigenvalue weighted by molar-refractivity contribution is -0.145. The van der Waals surface area contributed by atoms with Crippen LogP contribution in [0.15, 0.2) is 29.1 Å². The molecule has 1 fully saturated rings. The van der Waals surface area contributed by atoms with Crippen LogP contribution in [0.5, 0.6) is 0 Å². The summed E-state index contributed by atoms with van der Waals surface area (Å²) in [6.07, 6.45) is 3.25. The van der Waals surface area contributed by atoms with Gasteiger partial charge in [0.1, 0.15) is 0 Å². The maximum atomic E-state index is 10.4. The van der Waals surface area contributed by atoms with E-state index in [0.29, 0.717) is 0 Å². The first-order valence-electron chi connectivity index (χ1n) is 3.93. The van der Waals surface area contributed by atoms with E-state index in [0.717, 1.165) is 0 Å². The van der Waals surface area contributed by atoms with E-state index < -0.39 is 29.9 Å². The zero-order valence-electron chi connectivity index (χ0n) is 7.56. The summed E-state index contributed by atoms with van der Waals surface area (Å²) >= 11 is 0. The first kappa shape index (κ1) is 10.8. The number of Topliss-reactive ketones (excluding diaryl/α,β-unsaturated/α-hetero) is 3. The Kier molecular flexibility index (Phi) is 3.50. The second-order valence-electron chi connectivity index (χ2n) is 2.49. The van der Waals surface area contributed by atoms with Crippen molar-refractivity contribution in [1.82, 2.24) is 0 Å². The van der Waals surface area contributed by atoms with Crippen LogP contribution < -0.4 is 0 Å². The van der Waals surface area contributed by atoms with Gasteiger partial charge in [-0.3, -0.25) is 19.8 Å². The molecule has 1 saturated heterocycles. The zero-order valence-corrected chi connectivity index (χ0v) is 7.56. The van der Waals surface area contributed by atoms with Gasteiger partial charge in [0.2, 0.25) is 5.78 Å². The number of ether oxygens (including phenoxy) is 1. The largest absolute Gasteiger partial charge is 0.473 e. The van der Waals surface area contributed by atoms with Crippen LogP contribution in [-0.2, 0) is 19.1 Å². The van der Waals surface area contributed by atoms with Crippen molar-refractivity contribution in [3.8, 4) is 0 Å². The Morgan fingerprint density at radius 2 is 1.67 bits per heavy atom. The van der Waals surface area contributed by atoms with E-state index in [2.05, 4.69) is 9.15 Å². The van der Waals surface area contributed by atoms with E-state index in [4.69, 9.17) is 5.41 Å². The molecule has 6 nitrogen and oxygen atoms in total. The lowest BCUT2D eigenvalue weighted by Crippen LogP contribution is -2.40. The molecule has 2 rings (SSSR count). The van der Waals surface area contributed by atoms with Gasteiger partial charge < -0.3 is 9.15 Å². The minimum absolute atomic E-state index is 0.483. The highest BCUT2D eigenvalue weighted by molar-refractivity contribution is 6.79. The smallest absolute Gasteiger partial charge is 0.290 e. The fraction of sp³-hybridized carbons (Fsp3) is 0.111. The predicted octanol–water partition coefficient (Wildman–Crippen LogP) is -0.0192. The monoisotopic (exact) mass is 209 g/mol. The van der Waals surface area contributed by atoms with E-state index in [1.165, 1.54) is 0 Å². The maximum Gasteiger partial charge on any atom is 0.290 e. The highest BCUT2D eigenvalue weighted by Gasteiger charge is 2.33. The second-order valence-corrected chi connectivity index (χ2v) is 2.49. The van der Waals surface area contributed by atoms with Crippen molar-refractivity contribution in [2.24, 2.45) is 0 Å². The Balaban J connectivity index is 0.000000187. The first-order valence-corrected chi connectivity index (χ1v) is 3.93. The van der Waals surface area contributed by atoms with Crippen LogP contribution in [-0.4, -0.2) is 29.9 Å². The minimum Gasteiger partial charge on any atom is -0.473 e. The SMILES string of the molecule is N=C1OCC(=O)C(=O)C1=O.c1ccoc1. The third kappa shape index (κ3) is 2.87. The van der Waals surface area contributed by atoms with Gasteiger partial charge in [0.25, 0.3) is 17.5 Å². The number of hydrogen-bond donors (Lipinski definition) is 1. The molecule has 0 atom stereocenters. The normalized spacial score (nSPS) is 15.5. The lowest BCUT2D eigenvalue weighted by atomic mass is 10.1. The Morgan fingerprint density at radius 1 is 1.07 bits per heavy atom. The molecule has 6 heteroatoms. The predicted molar refractivity (Wildman–Crippen MR) is 47.4 cm³/mol.